The molecule has 1 radical (unpaired) electrons. The first kappa shape index (κ1) is 5.47. The van der Waals surface area contributed by atoms with Crippen LogP contribution in [0.3, 0.4) is 0 Å². The molecule has 2 N–H and O–H groups in total. The molecule has 0 bridgehead atoms. The summed E-state index contributed by atoms with van der Waals surface area (Å²) in [6.45, 7) is 5.26. The molecule has 0 aliphatic rings. The Labute approximate surface area is 38.1 Å². The summed E-state index contributed by atoms with van der Waals surface area (Å²) in [4.78, 5) is 0. The highest BCUT2D eigenvalue weighted by Gasteiger charge is 1.74. The van der Waals surface area contributed by atoms with E-state index in [0.29, 0.717) is 5.84 Å². The lowest BCUT2D eigenvalue weighted by molar-refractivity contribution is 1.08. The molecule has 0 fully saturated rings. The van der Waals surface area contributed by atoms with Crippen LogP contribution in [0.1, 0.15) is 13.8 Å². The molecule has 0 aromatic rings. The van der Waals surface area contributed by atoms with Gasteiger partial charge in [0.25, 0.3) is 0 Å². The van der Waals surface area contributed by atoms with Crippen molar-refractivity contribution in [2.24, 2.45) is 0 Å². The molecule has 2 heteroatoms. The number of rotatable bonds is 1. The molecular formula is C4H9N2. The molecule has 0 unspecified atom stereocenters. The molecule has 0 aliphatic heterocycles. The SMILES string of the molecule is C[CH]NC(C)=N. The van der Waals surface area contributed by atoms with Crippen LogP contribution in [-0.4, -0.2) is 5.84 Å². The molecule has 0 spiro atoms. The number of nitrogens with one attached hydrogen (secondary N) is 2. The number of amidine groups is 1. The molecule has 6 heavy (non-hydrogen) atoms. The molecular weight excluding hydrogens is 76.1 g/mol. The lowest BCUT2D eigenvalue weighted by atomic mass is 10.6. The number of hydrogen-bond donors (Lipinski definition) is 2. The first-order chi connectivity index (χ1) is 2.77. The van der Waals surface area contributed by atoms with Gasteiger partial charge < -0.3 is 5.32 Å². The maximum atomic E-state index is 6.75. The van der Waals surface area contributed by atoms with Crippen LogP contribution in [0.2, 0.25) is 0 Å². The Hall–Kier alpha value is -0.530. The van der Waals surface area contributed by atoms with Crippen molar-refractivity contribution in [3.8, 4) is 0 Å². The van der Waals surface area contributed by atoms with E-state index in [1.807, 2.05) is 6.92 Å². The Balaban J connectivity index is 2.83. The van der Waals surface area contributed by atoms with Crippen molar-refractivity contribution < 1.29 is 0 Å². The minimum Gasteiger partial charge on any atom is -0.370 e. The summed E-state index contributed by atoms with van der Waals surface area (Å²) in [5.74, 6) is 0.484. The maximum absolute atomic E-state index is 6.75. The van der Waals surface area contributed by atoms with Gasteiger partial charge >= 0.3 is 0 Å². The van der Waals surface area contributed by atoms with Crippen molar-refractivity contribution in [2.45, 2.75) is 13.8 Å². The van der Waals surface area contributed by atoms with Crippen molar-refractivity contribution in [3.05, 3.63) is 6.54 Å². The van der Waals surface area contributed by atoms with Gasteiger partial charge in [-0.05, 0) is 13.8 Å². The Morgan fingerprint density at radius 2 is 2.33 bits per heavy atom. The van der Waals surface area contributed by atoms with Gasteiger partial charge in [-0.15, -0.1) is 0 Å². The fourth-order valence-corrected chi connectivity index (χ4v) is 0.217. The summed E-state index contributed by atoms with van der Waals surface area (Å²) in [5, 5.41) is 9.42. The fourth-order valence-electron chi connectivity index (χ4n) is 0.217. The van der Waals surface area contributed by atoms with Crippen LogP contribution in [0.4, 0.5) is 0 Å². The topological polar surface area (TPSA) is 35.9 Å². The standard InChI is InChI=1S/C4H9N2/c1-3-6-4(2)5/h3H,1-2H3,(H2,5,6). The lowest BCUT2D eigenvalue weighted by Gasteiger charge is -1.92. The van der Waals surface area contributed by atoms with Gasteiger partial charge in [-0.25, -0.2) is 0 Å². The van der Waals surface area contributed by atoms with Crippen LogP contribution >= 0.6 is 0 Å². The third-order valence-corrected chi connectivity index (χ3v) is 0.361. The number of hydrogen-bond acceptors (Lipinski definition) is 1. The normalized spacial score (nSPS) is 7.67. The molecule has 35 valence electrons. The third-order valence-electron chi connectivity index (χ3n) is 0.361. The largest absolute Gasteiger partial charge is 0.370 e. The second-order valence-electron chi connectivity index (χ2n) is 1.06. The summed E-state index contributed by atoms with van der Waals surface area (Å²) in [5.41, 5.74) is 0. The first-order valence-corrected chi connectivity index (χ1v) is 1.87. The van der Waals surface area contributed by atoms with E-state index in [9.17, 15) is 0 Å². The maximum Gasteiger partial charge on any atom is 0.0902 e. The van der Waals surface area contributed by atoms with E-state index >= 15 is 0 Å². The summed E-state index contributed by atoms with van der Waals surface area (Å²) >= 11 is 0. The zero-order chi connectivity index (χ0) is 4.99. The van der Waals surface area contributed by atoms with E-state index in [4.69, 9.17) is 5.41 Å². The zero-order valence-electron chi connectivity index (χ0n) is 4.08. The monoisotopic (exact) mass is 85.1 g/mol. The Kier molecular flexibility index (Phi) is 2.46. The average Bonchev–Trinajstić information content (AvgIpc) is 1.35. The van der Waals surface area contributed by atoms with E-state index in [-0.39, 0.29) is 0 Å². The van der Waals surface area contributed by atoms with Gasteiger partial charge in [0.2, 0.25) is 0 Å². The smallest absolute Gasteiger partial charge is 0.0902 e. The molecule has 0 heterocycles. The van der Waals surface area contributed by atoms with Gasteiger partial charge in [0.15, 0.2) is 0 Å². The molecule has 0 aromatic carbocycles. The average molecular weight is 85.1 g/mol. The molecule has 0 saturated carbocycles. The minimum absolute atomic E-state index is 0.484. The molecule has 0 aromatic heterocycles. The van der Waals surface area contributed by atoms with Crippen LogP contribution in [0.25, 0.3) is 0 Å². The summed E-state index contributed by atoms with van der Waals surface area (Å²) in [6.07, 6.45) is 0. The summed E-state index contributed by atoms with van der Waals surface area (Å²) in [7, 11) is 0. The van der Waals surface area contributed by atoms with Crippen molar-refractivity contribution in [1.82, 2.24) is 5.32 Å². The van der Waals surface area contributed by atoms with Crippen LogP contribution in [0.5, 0.6) is 0 Å². The van der Waals surface area contributed by atoms with E-state index in [1.165, 1.54) is 0 Å². The summed E-state index contributed by atoms with van der Waals surface area (Å²) in [6, 6.07) is 0. The van der Waals surface area contributed by atoms with Crippen LogP contribution < -0.4 is 5.32 Å². The van der Waals surface area contributed by atoms with E-state index < -0.39 is 0 Å². The molecule has 0 rings (SSSR count). The van der Waals surface area contributed by atoms with E-state index in [2.05, 4.69) is 5.32 Å². The van der Waals surface area contributed by atoms with Gasteiger partial charge in [0.05, 0.1) is 5.84 Å². The van der Waals surface area contributed by atoms with Gasteiger partial charge in [-0.3, -0.25) is 5.41 Å². The zero-order valence-corrected chi connectivity index (χ0v) is 4.08. The predicted octanol–water partition coefficient (Wildman–Crippen LogP) is 0.755. The molecule has 2 nitrogen and oxygen atoms in total. The van der Waals surface area contributed by atoms with Crippen LogP contribution in [0.15, 0.2) is 0 Å². The van der Waals surface area contributed by atoms with Crippen molar-refractivity contribution in [3.63, 3.8) is 0 Å². The van der Waals surface area contributed by atoms with Crippen LogP contribution in [-0.2, 0) is 0 Å². The Bertz CT molecular complexity index is 49.5. The molecule has 0 amide bonds. The van der Waals surface area contributed by atoms with Gasteiger partial charge in [-0.2, -0.15) is 0 Å². The predicted molar refractivity (Wildman–Crippen MR) is 26.5 cm³/mol. The van der Waals surface area contributed by atoms with Gasteiger partial charge in [0.1, 0.15) is 0 Å². The second kappa shape index (κ2) is 2.69. The summed E-state index contributed by atoms with van der Waals surface area (Å²) < 4.78 is 0. The van der Waals surface area contributed by atoms with E-state index in [0.717, 1.165) is 0 Å². The van der Waals surface area contributed by atoms with Crippen LogP contribution in [0, 0.1) is 12.0 Å². The molecule has 0 saturated heterocycles. The second-order valence-corrected chi connectivity index (χ2v) is 1.06. The Morgan fingerprint density at radius 1 is 1.83 bits per heavy atom. The quantitative estimate of drug-likeness (QED) is 0.358. The third kappa shape index (κ3) is 3.47. The molecule has 0 atom stereocenters. The van der Waals surface area contributed by atoms with Crippen molar-refractivity contribution in [1.29, 1.82) is 5.41 Å². The highest BCUT2D eigenvalue weighted by atomic mass is 14.9. The van der Waals surface area contributed by atoms with Gasteiger partial charge in [0, 0.05) is 6.54 Å². The first-order valence-electron chi connectivity index (χ1n) is 1.87. The highest BCUT2D eigenvalue weighted by Crippen LogP contribution is 1.61. The minimum atomic E-state index is 0.484. The fraction of sp³-hybridized carbons (Fsp3) is 0.500. The lowest BCUT2D eigenvalue weighted by Crippen LogP contribution is -2.12. The van der Waals surface area contributed by atoms with Gasteiger partial charge in [-0.1, -0.05) is 0 Å². The molecule has 0 aliphatic carbocycles. The highest BCUT2D eigenvalue weighted by molar-refractivity contribution is 5.76. The van der Waals surface area contributed by atoms with E-state index in [1.54, 1.807) is 13.5 Å². The van der Waals surface area contributed by atoms with Crippen molar-refractivity contribution in [2.75, 3.05) is 0 Å². The Morgan fingerprint density at radius 3 is 2.33 bits per heavy atom. The van der Waals surface area contributed by atoms with Crippen molar-refractivity contribution >= 4 is 5.84 Å².